The number of benzene rings is 1. The Morgan fingerprint density at radius 2 is 1.77 bits per heavy atom. The fourth-order valence-corrected chi connectivity index (χ4v) is 2.27. The van der Waals surface area contributed by atoms with Crippen LogP contribution in [0.1, 0.15) is 24.0 Å². The van der Waals surface area contributed by atoms with Gasteiger partial charge in [0.1, 0.15) is 0 Å². The summed E-state index contributed by atoms with van der Waals surface area (Å²) in [6.45, 7) is -0.527. The highest BCUT2D eigenvalue weighted by atomic mass is 19.4. The molecule has 0 radical (unpaired) electrons. The number of hydrogen-bond donors (Lipinski definition) is 1. The van der Waals surface area contributed by atoms with Crippen LogP contribution in [0, 0.1) is 0 Å². The van der Waals surface area contributed by atoms with Crippen molar-refractivity contribution in [1.82, 2.24) is 10.2 Å². The number of nitrogens with zero attached hydrogens (tertiary/aromatic N) is 1. The molecule has 0 saturated carbocycles. The van der Waals surface area contributed by atoms with Gasteiger partial charge in [0.25, 0.3) is 5.92 Å². The minimum atomic E-state index is -4.51. The molecule has 2 rings (SSSR count). The number of hydrogen-bond acceptors (Lipinski definition) is 1. The second-order valence-corrected chi connectivity index (χ2v) is 5.16. The topological polar surface area (TPSA) is 32.3 Å². The van der Waals surface area contributed by atoms with E-state index in [1.165, 1.54) is 23.1 Å². The molecule has 1 N–H and O–H groups in total. The minimum absolute atomic E-state index is 0.0642. The molecule has 0 unspecified atom stereocenters. The van der Waals surface area contributed by atoms with Crippen LogP contribution in [0.15, 0.2) is 24.3 Å². The summed E-state index contributed by atoms with van der Waals surface area (Å²) in [7, 11) is 0. The lowest BCUT2D eigenvalue weighted by Crippen LogP contribution is -2.47. The molecule has 1 aliphatic heterocycles. The minimum Gasteiger partial charge on any atom is -0.334 e. The van der Waals surface area contributed by atoms with Gasteiger partial charge >= 0.3 is 12.2 Å². The molecule has 1 aromatic rings. The van der Waals surface area contributed by atoms with Gasteiger partial charge < -0.3 is 10.2 Å². The average Bonchev–Trinajstić information content (AvgIpc) is 2.44. The molecule has 22 heavy (non-hydrogen) atoms. The first kappa shape index (κ1) is 16.5. The highest BCUT2D eigenvalue weighted by Gasteiger charge is 2.36. The molecule has 1 aromatic carbocycles. The summed E-state index contributed by atoms with van der Waals surface area (Å²) in [6, 6.07) is 4.28. The van der Waals surface area contributed by atoms with Crippen LogP contribution in [0.3, 0.4) is 0 Å². The van der Waals surface area contributed by atoms with Crippen LogP contribution >= 0.6 is 0 Å². The number of carbonyl (C=O) groups is 1. The molecule has 0 aliphatic carbocycles. The maximum atomic E-state index is 13.0. The second kappa shape index (κ2) is 6.10. The number of amides is 2. The normalized spacial score (nSPS) is 18.1. The third-order valence-electron chi connectivity index (χ3n) is 3.54. The first-order chi connectivity index (χ1) is 10.2. The number of likely N-dealkylation sites (tertiary alicyclic amines) is 1. The summed E-state index contributed by atoms with van der Waals surface area (Å²) < 4.78 is 64.4. The van der Waals surface area contributed by atoms with Gasteiger partial charge in [-0.3, -0.25) is 0 Å². The molecule has 8 heteroatoms. The van der Waals surface area contributed by atoms with Crippen molar-refractivity contribution in [3.8, 4) is 0 Å². The van der Waals surface area contributed by atoms with Crippen molar-refractivity contribution in [2.45, 2.75) is 31.5 Å². The van der Waals surface area contributed by atoms with Gasteiger partial charge in [0.15, 0.2) is 0 Å². The molecule has 2 amide bonds. The monoisotopic (exact) mass is 322 g/mol. The van der Waals surface area contributed by atoms with E-state index in [1.54, 1.807) is 0 Å². The zero-order valence-corrected chi connectivity index (χ0v) is 11.6. The molecule has 1 saturated heterocycles. The van der Waals surface area contributed by atoms with Gasteiger partial charge in [-0.25, -0.2) is 13.6 Å². The summed E-state index contributed by atoms with van der Waals surface area (Å²) in [5, 5.41) is 2.35. The van der Waals surface area contributed by atoms with Gasteiger partial charge in [0, 0.05) is 32.5 Å². The van der Waals surface area contributed by atoms with Crippen LogP contribution in [0.2, 0.25) is 0 Å². The lowest BCUT2D eigenvalue weighted by molar-refractivity contribution is -0.138. The highest BCUT2D eigenvalue weighted by Crippen LogP contribution is 2.32. The first-order valence-electron chi connectivity index (χ1n) is 6.75. The molecular formula is C14H15F5N2O. The first-order valence-corrected chi connectivity index (χ1v) is 6.75. The third-order valence-corrected chi connectivity index (χ3v) is 3.54. The van der Waals surface area contributed by atoms with Crippen LogP contribution < -0.4 is 5.32 Å². The second-order valence-electron chi connectivity index (χ2n) is 5.16. The maximum absolute atomic E-state index is 13.0. The summed E-state index contributed by atoms with van der Waals surface area (Å²) >= 11 is 0. The fraction of sp³-hybridized carbons (Fsp3) is 0.500. The maximum Gasteiger partial charge on any atom is 0.416 e. The van der Waals surface area contributed by atoms with Gasteiger partial charge in [-0.1, -0.05) is 18.2 Å². The van der Waals surface area contributed by atoms with E-state index >= 15 is 0 Å². The van der Waals surface area contributed by atoms with E-state index in [0.717, 1.165) is 6.07 Å². The quantitative estimate of drug-likeness (QED) is 0.828. The van der Waals surface area contributed by atoms with E-state index in [2.05, 4.69) is 5.32 Å². The van der Waals surface area contributed by atoms with E-state index in [1.807, 2.05) is 0 Å². The average molecular weight is 322 g/mol. The molecule has 1 fully saturated rings. The molecule has 0 spiro atoms. The Balaban J connectivity index is 1.95. The lowest BCUT2D eigenvalue weighted by atomic mass is 10.1. The van der Waals surface area contributed by atoms with E-state index < -0.39 is 36.5 Å². The lowest BCUT2D eigenvalue weighted by Gasteiger charge is -2.31. The molecule has 0 atom stereocenters. The third kappa shape index (κ3) is 4.08. The van der Waals surface area contributed by atoms with Crippen LogP contribution in [0.4, 0.5) is 26.7 Å². The van der Waals surface area contributed by atoms with Gasteiger partial charge in [-0.2, -0.15) is 13.2 Å². The Bertz CT molecular complexity index is 534. The van der Waals surface area contributed by atoms with E-state index in [9.17, 15) is 26.7 Å². The molecule has 1 heterocycles. The summed E-state index contributed by atoms with van der Waals surface area (Å²) in [5.74, 6) is -2.78. The molecular weight excluding hydrogens is 307 g/mol. The highest BCUT2D eigenvalue weighted by molar-refractivity contribution is 5.74. The Labute approximate surface area is 124 Å². The fourth-order valence-electron chi connectivity index (χ4n) is 2.27. The van der Waals surface area contributed by atoms with Crippen molar-refractivity contribution in [2.24, 2.45) is 0 Å². The van der Waals surface area contributed by atoms with Crippen LogP contribution in [-0.4, -0.2) is 29.9 Å². The Hall–Kier alpha value is -1.86. The smallest absolute Gasteiger partial charge is 0.334 e. The molecule has 0 bridgehead atoms. The Kier molecular flexibility index (Phi) is 4.58. The number of rotatable bonds is 2. The molecule has 3 nitrogen and oxygen atoms in total. The molecule has 1 aliphatic rings. The zero-order valence-electron chi connectivity index (χ0n) is 11.6. The standard InChI is InChI=1S/C14H15F5N2O/c15-13(16)5-7-21(8-6-13)12(22)20-9-10-3-1-2-4-11(10)14(17,18)19/h1-4H,5-9H2,(H,20,22). The van der Waals surface area contributed by atoms with Crippen LogP contribution in [-0.2, 0) is 12.7 Å². The SMILES string of the molecule is O=C(NCc1ccccc1C(F)(F)F)N1CCC(F)(F)CC1. The Morgan fingerprint density at radius 1 is 1.18 bits per heavy atom. The van der Waals surface area contributed by atoms with Gasteiger partial charge in [-0.15, -0.1) is 0 Å². The van der Waals surface area contributed by atoms with Crippen LogP contribution in [0.5, 0.6) is 0 Å². The summed E-state index contributed by atoms with van der Waals surface area (Å²) in [4.78, 5) is 13.0. The van der Waals surface area contributed by atoms with Crippen molar-refractivity contribution in [3.63, 3.8) is 0 Å². The number of alkyl halides is 5. The van der Waals surface area contributed by atoms with Crippen molar-refractivity contribution in [2.75, 3.05) is 13.1 Å². The van der Waals surface area contributed by atoms with Gasteiger partial charge in [0.05, 0.1) is 5.56 Å². The summed E-state index contributed by atoms with van der Waals surface area (Å²) in [5.41, 5.74) is -0.883. The van der Waals surface area contributed by atoms with Gasteiger partial charge in [-0.05, 0) is 11.6 Å². The van der Waals surface area contributed by atoms with Crippen molar-refractivity contribution in [1.29, 1.82) is 0 Å². The number of nitrogens with one attached hydrogen (secondary N) is 1. The summed E-state index contributed by atoms with van der Waals surface area (Å²) in [6.07, 6.45) is -5.37. The number of urea groups is 1. The van der Waals surface area contributed by atoms with E-state index in [-0.39, 0.29) is 25.2 Å². The number of halogens is 5. The van der Waals surface area contributed by atoms with Crippen molar-refractivity contribution in [3.05, 3.63) is 35.4 Å². The van der Waals surface area contributed by atoms with Gasteiger partial charge in [0.2, 0.25) is 0 Å². The van der Waals surface area contributed by atoms with Crippen molar-refractivity contribution < 1.29 is 26.7 Å². The van der Waals surface area contributed by atoms with E-state index in [0.29, 0.717) is 0 Å². The molecule has 0 aromatic heterocycles. The largest absolute Gasteiger partial charge is 0.416 e. The predicted octanol–water partition coefficient (Wildman–Crippen LogP) is 3.65. The number of piperidine rings is 1. The van der Waals surface area contributed by atoms with Crippen LogP contribution in [0.25, 0.3) is 0 Å². The number of carbonyl (C=O) groups excluding carboxylic acids is 1. The Morgan fingerprint density at radius 3 is 2.36 bits per heavy atom. The molecule has 122 valence electrons. The van der Waals surface area contributed by atoms with E-state index in [4.69, 9.17) is 0 Å². The zero-order chi connectivity index (χ0) is 16.4. The predicted molar refractivity (Wildman–Crippen MR) is 69.4 cm³/mol. The van der Waals surface area contributed by atoms with Crippen molar-refractivity contribution >= 4 is 6.03 Å².